The largest absolute Gasteiger partial charge is 0.445 e. The first-order chi connectivity index (χ1) is 12.1. The summed E-state index contributed by atoms with van der Waals surface area (Å²) in [5, 5.41) is 0. The number of primary amides is 1. The molecule has 2 unspecified atom stereocenters. The Morgan fingerprint density at radius 1 is 1.00 bits per heavy atom. The molecule has 4 nitrogen and oxygen atoms in total. The van der Waals surface area contributed by atoms with Crippen LogP contribution >= 0.6 is 0 Å². The Kier molecular flexibility index (Phi) is 5.17. The third-order valence-corrected chi connectivity index (χ3v) is 5.06. The van der Waals surface area contributed by atoms with E-state index in [0.717, 1.165) is 18.4 Å². The van der Waals surface area contributed by atoms with Gasteiger partial charge in [0.1, 0.15) is 6.10 Å². The van der Waals surface area contributed by atoms with Crippen LogP contribution in [0, 0.1) is 5.41 Å². The molecule has 1 amide bonds. The molecule has 0 radical (unpaired) electrons. The van der Waals surface area contributed by atoms with Crippen molar-refractivity contribution in [2.45, 2.75) is 38.2 Å². The number of nitrogens with two attached hydrogens (primary N) is 1. The van der Waals surface area contributed by atoms with E-state index in [9.17, 15) is 9.59 Å². The maximum atomic E-state index is 13.5. The number of amides is 1. The van der Waals surface area contributed by atoms with Crippen molar-refractivity contribution in [3.8, 4) is 0 Å². The molecule has 4 heteroatoms. The molecule has 0 bridgehead atoms. The van der Waals surface area contributed by atoms with E-state index < -0.39 is 17.6 Å². The highest BCUT2D eigenvalue weighted by atomic mass is 16.6. The Bertz CT molecular complexity index is 729. The van der Waals surface area contributed by atoms with Crippen molar-refractivity contribution in [3.05, 3.63) is 71.8 Å². The maximum Gasteiger partial charge on any atom is 0.404 e. The van der Waals surface area contributed by atoms with Crippen molar-refractivity contribution >= 4 is 11.9 Å². The number of benzene rings is 2. The van der Waals surface area contributed by atoms with Gasteiger partial charge in [0.25, 0.3) is 0 Å². The second kappa shape index (κ2) is 7.51. The number of hydrogen-bond acceptors (Lipinski definition) is 3. The molecule has 0 aliphatic heterocycles. The van der Waals surface area contributed by atoms with Crippen LogP contribution in [-0.4, -0.2) is 18.0 Å². The lowest BCUT2D eigenvalue weighted by molar-refractivity contribution is -0.0103. The van der Waals surface area contributed by atoms with Crippen LogP contribution in [0.2, 0.25) is 0 Å². The zero-order chi connectivity index (χ0) is 17.7. The SMILES string of the molecule is NC(=O)OC1CCCCC1(Cc1ccccc1)C(=O)c1ccccc1. The van der Waals surface area contributed by atoms with Gasteiger partial charge in [0.15, 0.2) is 5.78 Å². The predicted molar refractivity (Wildman–Crippen MR) is 96.3 cm³/mol. The summed E-state index contributed by atoms with van der Waals surface area (Å²) < 4.78 is 5.44. The number of ketones is 1. The van der Waals surface area contributed by atoms with Crippen LogP contribution < -0.4 is 5.73 Å². The van der Waals surface area contributed by atoms with Crippen LogP contribution in [0.15, 0.2) is 60.7 Å². The van der Waals surface area contributed by atoms with Crippen LogP contribution in [0.4, 0.5) is 4.79 Å². The van der Waals surface area contributed by atoms with E-state index in [1.54, 1.807) is 0 Å². The Balaban J connectivity index is 2.02. The first-order valence-electron chi connectivity index (χ1n) is 8.72. The molecule has 2 atom stereocenters. The van der Waals surface area contributed by atoms with Gasteiger partial charge in [-0.25, -0.2) is 4.79 Å². The van der Waals surface area contributed by atoms with Crippen molar-refractivity contribution in [2.24, 2.45) is 11.1 Å². The fourth-order valence-corrected chi connectivity index (χ4v) is 3.90. The van der Waals surface area contributed by atoms with E-state index in [0.29, 0.717) is 24.8 Å². The fraction of sp³-hybridized carbons (Fsp3) is 0.333. The van der Waals surface area contributed by atoms with Crippen LogP contribution in [0.1, 0.15) is 41.6 Å². The summed E-state index contributed by atoms with van der Waals surface area (Å²) in [5.74, 6) is 0.0305. The van der Waals surface area contributed by atoms with Crippen molar-refractivity contribution in [3.63, 3.8) is 0 Å². The van der Waals surface area contributed by atoms with Gasteiger partial charge in [-0.05, 0) is 31.2 Å². The van der Waals surface area contributed by atoms with E-state index in [1.165, 1.54) is 0 Å². The zero-order valence-corrected chi connectivity index (χ0v) is 14.2. The summed E-state index contributed by atoms with van der Waals surface area (Å²) in [6, 6.07) is 19.1. The molecule has 2 aromatic carbocycles. The summed E-state index contributed by atoms with van der Waals surface area (Å²) in [6.07, 6.45) is 2.44. The first-order valence-corrected chi connectivity index (χ1v) is 8.72. The smallest absolute Gasteiger partial charge is 0.404 e. The molecule has 1 fully saturated rings. The molecule has 25 heavy (non-hydrogen) atoms. The number of rotatable bonds is 5. The number of hydrogen-bond donors (Lipinski definition) is 1. The van der Waals surface area contributed by atoms with Gasteiger partial charge < -0.3 is 10.5 Å². The summed E-state index contributed by atoms with van der Waals surface area (Å²) in [4.78, 5) is 24.9. The Morgan fingerprint density at radius 3 is 2.28 bits per heavy atom. The van der Waals surface area contributed by atoms with E-state index >= 15 is 0 Å². The van der Waals surface area contributed by atoms with Crippen molar-refractivity contribution in [2.75, 3.05) is 0 Å². The molecule has 1 aliphatic rings. The number of carbonyl (C=O) groups is 2. The molecular formula is C21H23NO3. The second-order valence-electron chi connectivity index (χ2n) is 6.68. The quantitative estimate of drug-likeness (QED) is 0.834. The van der Waals surface area contributed by atoms with Crippen molar-refractivity contribution in [1.29, 1.82) is 0 Å². The number of Topliss-reactive ketones (excluding diaryl/α,β-unsaturated/α-hetero) is 1. The minimum Gasteiger partial charge on any atom is -0.445 e. The summed E-state index contributed by atoms with van der Waals surface area (Å²) in [6.45, 7) is 0. The van der Waals surface area contributed by atoms with Crippen molar-refractivity contribution < 1.29 is 14.3 Å². The number of carbonyl (C=O) groups excluding carboxylic acids is 2. The molecule has 2 aromatic rings. The monoisotopic (exact) mass is 337 g/mol. The first kappa shape index (κ1) is 17.2. The van der Waals surface area contributed by atoms with Gasteiger partial charge in [-0.1, -0.05) is 67.1 Å². The van der Waals surface area contributed by atoms with Crippen LogP contribution in [0.5, 0.6) is 0 Å². The molecule has 0 heterocycles. The van der Waals surface area contributed by atoms with Crippen molar-refractivity contribution in [1.82, 2.24) is 0 Å². The van der Waals surface area contributed by atoms with E-state index in [1.807, 2.05) is 60.7 Å². The topological polar surface area (TPSA) is 69.4 Å². The molecule has 1 aliphatic carbocycles. The molecule has 0 saturated heterocycles. The highest BCUT2D eigenvalue weighted by molar-refractivity contribution is 6.01. The van der Waals surface area contributed by atoms with E-state index in [2.05, 4.69) is 0 Å². The summed E-state index contributed by atoms with van der Waals surface area (Å²) in [7, 11) is 0. The fourth-order valence-electron chi connectivity index (χ4n) is 3.90. The minimum atomic E-state index is -0.815. The van der Waals surface area contributed by atoms with E-state index in [4.69, 9.17) is 10.5 Å². The van der Waals surface area contributed by atoms with Gasteiger partial charge in [-0.2, -0.15) is 0 Å². The van der Waals surface area contributed by atoms with Crippen LogP contribution in [0.25, 0.3) is 0 Å². The normalized spacial score (nSPS) is 23.0. The molecule has 0 aromatic heterocycles. The van der Waals surface area contributed by atoms with Gasteiger partial charge in [0, 0.05) is 5.56 Å². The van der Waals surface area contributed by atoms with E-state index in [-0.39, 0.29) is 5.78 Å². The number of ether oxygens (including phenoxy) is 1. The zero-order valence-electron chi connectivity index (χ0n) is 14.2. The predicted octanol–water partition coefficient (Wildman–Crippen LogP) is 4.14. The highest BCUT2D eigenvalue weighted by Gasteiger charge is 2.49. The molecule has 3 rings (SSSR count). The van der Waals surface area contributed by atoms with Gasteiger partial charge in [0.05, 0.1) is 5.41 Å². The standard InChI is InChI=1S/C21H23NO3/c22-20(24)25-18-13-7-8-14-21(18,15-16-9-3-1-4-10-16)19(23)17-11-5-2-6-12-17/h1-6,9-12,18H,7-8,13-15H2,(H2,22,24). The Morgan fingerprint density at radius 2 is 1.64 bits per heavy atom. The van der Waals surface area contributed by atoms with Gasteiger partial charge in [-0.15, -0.1) is 0 Å². The minimum absolute atomic E-state index is 0.0305. The summed E-state index contributed by atoms with van der Waals surface area (Å²) in [5.41, 5.74) is 6.25. The maximum absolute atomic E-state index is 13.5. The lowest BCUT2D eigenvalue weighted by atomic mass is 9.64. The van der Waals surface area contributed by atoms with Crippen LogP contribution in [-0.2, 0) is 11.2 Å². The molecule has 1 saturated carbocycles. The molecule has 2 N–H and O–H groups in total. The lowest BCUT2D eigenvalue weighted by Gasteiger charge is -2.42. The Hall–Kier alpha value is -2.62. The van der Waals surface area contributed by atoms with Gasteiger partial charge in [0.2, 0.25) is 0 Å². The third-order valence-electron chi connectivity index (χ3n) is 5.06. The van der Waals surface area contributed by atoms with Gasteiger partial charge >= 0.3 is 6.09 Å². The average molecular weight is 337 g/mol. The Labute approximate surface area is 148 Å². The molecule has 0 spiro atoms. The third kappa shape index (κ3) is 3.73. The van der Waals surface area contributed by atoms with Crippen LogP contribution in [0.3, 0.4) is 0 Å². The summed E-state index contributed by atoms with van der Waals surface area (Å²) >= 11 is 0. The average Bonchev–Trinajstić information content (AvgIpc) is 2.64. The highest BCUT2D eigenvalue weighted by Crippen LogP contribution is 2.44. The molecule has 130 valence electrons. The van der Waals surface area contributed by atoms with Gasteiger partial charge in [-0.3, -0.25) is 4.79 Å². The lowest BCUT2D eigenvalue weighted by Crippen LogP contribution is -2.49. The molecular weight excluding hydrogens is 314 g/mol. The second-order valence-corrected chi connectivity index (χ2v) is 6.68.